The van der Waals surface area contributed by atoms with E-state index >= 15 is 0 Å². The number of hydrogen-bond acceptors (Lipinski definition) is 0. The molecule has 762 valence electrons. The third kappa shape index (κ3) is 21.5. The summed E-state index contributed by atoms with van der Waals surface area (Å²) in [6.45, 7) is 91.4. The molecule has 0 saturated carbocycles. The van der Waals surface area contributed by atoms with Crippen molar-refractivity contribution in [2.24, 2.45) is 0 Å². The van der Waals surface area contributed by atoms with Crippen LogP contribution in [0.1, 0.15) is 353 Å². The van der Waals surface area contributed by atoms with E-state index in [1.165, 1.54) is 182 Å². The van der Waals surface area contributed by atoms with Crippen molar-refractivity contribution in [3.8, 4) is 56.1 Å². The predicted molar refractivity (Wildman–Crippen MR) is 647 cm³/mol. The van der Waals surface area contributed by atoms with Crippen LogP contribution in [0.2, 0.25) is 0 Å². The first-order valence-electron chi connectivity index (χ1n) is 55.9. The fourth-order valence-corrected chi connectivity index (χ4v) is 21.9. The minimum Gasteiger partial charge on any atom is -0.309 e. The summed E-state index contributed by atoms with van der Waals surface area (Å²) in [7, 11) is 0. The number of benzene rings is 15. The van der Waals surface area contributed by atoms with Gasteiger partial charge in [-0.1, -0.05) is 512 Å². The Morgan fingerprint density at radius 2 is 0.469 bits per heavy atom. The van der Waals surface area contributed by atoms with E-state index in [1.807, 2.05) is 12.1 Å². The number of rotatable bonds is 7. The van der Waals surface area contributed by atoms with Gasteiger partial charge in [-0.2, -0.15) is 0 Å². The number of para-hydroxylation sites is 3. The number of aromatic nitrogens is 4. The molecule has 15 aromatic carbocycles. The molecule has 4 aromatic heterocycles. The zero-order valence-corrected chi connectivity index (χ0v) is 96.8. The van der Waals surface area contributed by atoms with E-state index in [-0.39, 0.29) is 94.6 Å². The lowest BCUT2D eigenvalue weighted by Crippen LogP contribution is -2.24. The van der Waals surface area contributed by atoms with E-state index in [2.05, 4.69) is 555 Å². The molecule has 4 nitrogen and oxygen atoms in total. The molecule has 0 unspecified atom stereocenters. The summed E-state index contributed by atoms with van der Waals surface area (Å²) in [5.41, 5.74) is 38.9. The van der Waals surface area contributed by atoms with Crippen molar-refractivity contribution in [3.05, 3.63) is 381 Å². The molecule has 0 radical (unpaired) electrons. The van der Waals surface area contributed by atoms with Gasteiger partial charge in [-0.3, -0.25) is 0 Å². The molecule has 0 amide bonds. The second kappa shape index (κ2) is 38.3. The Morgan fingerprint density at radius 1 is 0.184 bits per heavy atom. The molecule has 0 N–H and O–H groups in total. The molecule has 147 heavy (non-hydrogen) atoms. The first-order chi connectivity index (χ1) is 69.8. The number of nitrogens with zero attached hydrogens (tertiary/aromatic N) is 4. The van der Waals surface area contributed by atoms with Crippen LogP contribution >= 0.6 is 0 Å². The van der Waals surface area contributed by atoms with Crippen LogP contribution in [0.5, 0.6) is 0 Å². The maximum Gasteiger partial charge on any atom is 0.0632 e. The average Bonchev–Trinajstić information content (AvgIpc) is 1.57. The Kier molecular flexibility index (Phi) is 26.5. The van der Waals surface area contributed by atoms with E-state index in [1.54, 1.807) is 6.92 Å². The molecule has 0 aliphatic heterocycles. The molecular formula is C143H170N4. The molecule has 0 saturated heterocycles. The molecular weight excluding hydrogens is 1770 g/mol. The van der Waals surface area contributed by atoms with Gasteiger partial charge < -0.3 is 18.3 Å². The van der Waals surface area contributed by atoms with Crippen molar-refractivity contribution < 1.29 is 5.48 Å². The fraction of sp³-hybridized carbons (Fsp3) is 0.371. The second-order valence-corrected chi connectivity index (χ2v) is 55.5. The molecule has 4 heteroatoms. The largest absolute Gasteiger partial charge is 0.309 e. The van der Waals surface area contributed by atoms with Crippen molar-refractivity contribution >= 4 is 87.2 Å². The minimum atomic E-state index is -0.354. The summed E-state index contributed by atoms with van der Waals surface area (Å²) < 4.78 is 44.7. The Bertz CT molecular complexity index is 8180. The monoisotopic (exact) mass is 1950 g/mol. The van der Waals surface area contributed by atoms with Gasteiger partial charge in [-0.15, -0.1) is 0 Å². The van der Waals surface area contributed by atoms with Gasteiger partial charge in [0.15, 0.2) is 0 Å². The molecule has 19 aromatic rings. The summed E-state index contributed by atoms with van der Waals surface area (Å²) >= 11 is 0. The van der Waals surface area contributed by atoms with Crippen LogP contribution in [-0.2, 0) is 70.4 Å². The van der Waals surface area contributed by atoms with Gasteiger partial charge in [0, 0.05) is 54.3 Å². The Labute approximate surface area is 889 Å². The maximum atomic E-state index is 8.98. The summed E-state index contributed by atoms with van der Waals surface area (Å²) in [5.74, 6) is 0. The van der Waals surface area contributed by atoms with Gasteiger partial charge in [0.05, 0.1) is 66.7 Å². The minimum absolute atomic E-state index is 0.00536. The zero-order valence-electron chi connectivity index (χ0n) is 101. The topological polar surface area (TPSA) is 19.7 Å². The first-order valence-corrected chi connectivity index (χ1v) is 53.9. The van der Waals surface area contributed by atoms with E-state index in [9.17, 15) is 0 Å². The summed E-state index contributed by atoms with van der Waals surface area (Å²) in [5, 5.41) is 10.3. The molecule has 0 bridgehead atoms. The van der Waals surface area contributed by atoms with Crippen LogP contribution in [0.4, 0.5) is 0 Å². The first kappa shape index (κ1) is 102. The zero-order chi connectivity index (χ0) is 111. The van der Waals surface area contributed by atoms with Gasteiger partial charge >= 0.3 is 0 Å². The van der Waals surface area contributed by atoms with E-state index in [0.717, 1.165) is 27.8 Å². The van der Waals surface area contributed by atoms with E-state index in [4.69, 9.17) is 5.48 Å². The highest BCUT2D eigenvalue weighted by Gasteiger charge is 2.36. The smallest absolute Gasteiger partial charge is 0.0632 e. The quantitative estimate of drug-likeness (QED) is 0.152. The normalized spacial score (nSPS) is 13.6. The molecule has 0 fully saturated rings. The van der Waals surface area contributed by atoms with Gasteiger partial charge in [-0.05, 0) is 244 Å². The highest BCUT2D eigenvalue weighted by Crippen LogP contribution is 2.51. The van der Waals surface area contributed by atoms with Crippen LogP contribution in [0.15, 0.2) is 303 Å². The lowest BCUT2D eigenvalue weighted by molar-refractivity contribution is 0.528. The molecule has 19 rings (SSSR count). The number of fused-ring (bicyclic) bond motifs is 12. The Hall–Kier alpha value is -12.5. The summed E-state index contributed by atoms with van der Waals surface area (Å²) in [6.07, 6.45) is 0. The molecule has 4 heterocycles. The molecule has 0 aliphatic carbocycles. The van der Waals surface area contributed by atoms with Crippen LogP contribution in [0.25, 0.3) is 143 Å². The van der Waals surface area contributed by atoms with Crippen LogP contribution < -0.4 is 0 Å². The van der Waals surface area contributed by atoms with Gasteiger partial charge in [0.25, 0.3) is 0 Å². The highest BCUT2D eigenvalue weighted by atomic mass is 15.0. The van der Waals surface area contributed by atoms with Crippen LogP contribution in [0, 0.1) is 6.92 Å². The van der Waals surface area contributed by atoms with Crippen molar-refractivity contribution in [2.75, 3.05) is 0 Å². The summed E-state index contributed by atoms with van der Waals surface area (Å²) in [4.78, 5) is 0. The van der Waals surface area contributed by atoms with Gasteiger partial charge in [-0.25, -0.2) is 0 Å². The highest BCUT2D eigenvalue weighted by molar-refractivity contribution is 6.15. The van der Waals surface area contributed by atoms with E-state index in [0.29, 0.717) is 11.1 Å². The Morgan fingerprint density at radius 3 is 0.823 bits per heavy atom. The lowest BCUT2D eigenvalue weighted by atomic mass is 9.74. The average molecular weight is 1950 g/mol. The second-order valence-electron chi connectivity index (χ2n) is 55.5. The predicted octanol–water partition coefficient (Wildman–Crippen LogP) is 41.3. The van der Waals surface area contributed by atoms with Gasteiger partial charge in [0.2, 0.25) is 0 Å². The van der Waals surface area contributed by atoms with Crippen molar-refractivity contribution in [3.63, 3.8) is 0 Å². The number of hydrogen-bond donors (Lipinski definition) is 0. The molecule has 0 spiro atoms. The third-order valence-corrected chi connectivity index (χ3v) is 30.1. The van der Waals surface area contributed by atoms with Crippen molar-refractivity contribution in [1.82, 2.24) is 18.3 Å². The van der Waals surface area contributed by atoms with E-state index < -0.39 is 0 Å². The lowest BCUT2D eigenvalue weighted by Gasteiger charge is -2.33. The standard InChI is InChI=1S/C44H57N.C37H43N.C34H45N.C28H25N/c1-40(2,3)29-19-21-34-35-22-20-30(41(4,5)6)27-38(35)45(37(34)26-29)36-18-16-17-33(39(36)44(13,14)15)28-23-31(42(7,8)9)25-32(24-28)43(10,11)12;1-24-13-11-14-25(21-24)28-15-12-16-31(34(28)37(8,9)10)38-32-22-26(35(2,3)4)17-19-29(32)30-20-18-27(23-33(30)38)36(5,6)7;1-31(2,3)22-16-18-24-25-19-17-23(32(4,5)6)21-29(25)35(28(24)20-22)27-15-13-14-26(33(7,8)9)30(27)34(10,11)12;1-28(2,3)24-17-8-10-19-26(24)29-25-18-9-7-14-22(25)23-16-11-15-21(27(23)29)20-12-5-4-6-13-20/h16-27H,1-15H3;11-23H,1-10H3;13-21H,1-12H3;4-19H,1-3H3/i;11D,13D,14D,21D;;. The molecule has 0 atom stereocenters. The van der Waals surface area contributed by atoms with Crippen molar-refractivity contribution in [1.29, 1.82) is 0 Å². The maximum absolute atomic E-state index is 8.98. The van der Waals surface area contributed by atoms with Crippen LogP contribution in [0.3, 0.4) is 0 Å². The van der Waals surface area contributed by atoms with Gasteiger partial charge in [0.1, 0.15) is 0 Å². The van der Waals surface area contributed by atoms with Crippen LogP contribution in [-0.4, -0.2) is 18.3 Å². The fourth-order valence-electron chi connectivity index (χ4n) is 21.9. The van der Waals surface area contributed by atoms with Crippen molar-refractivity contribution in [2.45, 2.75) is 347 Å². The SMILES string of the molecule is CC(C)(C)c1cc(-c2cccc(-n3c4cc(C(C)(C)C)ccc4c4ccc(C(C)(C)C)cc43)c2C(C)(C)C)cc(C(C)(C)C)c1.CC(C)(C)c1ccc2c3ccc(C(C)(C)C)cc3n(-c3cccc(C(C)(C)C)c3C(C)(C)C)c2c1.CC(C)(C)c1ccccc1-n1c2ccccc2c2cccc(-c3ccccc3)c21.[2H]c1c([2H])c(C)c([2H])c(-c2cccc(-n3c4cc(C(C)(C)C)ccc4c4ccc(C(C)(C)C)cc43)c2C(C)(C)C)c1[2H]. The summed E-state index contributed by atoms with van der Waals surface area (Å²) in [6, 6.07) is 104. The third-order valence-electron chi connectivity index (χ3n) is 30.1. The molecule has 0 aliphatic rings. The Balaban J connectivity index is 0.000000145.